The van der Waals surface area contributed by atoms with Gasteiger partial charge in [-0.3, -0.25) is 4.79 Å². The van der Waals surface area contributed by atoms with Crippen molar-refractivity contribution in [1.29, 1.82) is 0 Å². The molecule has 0 saturated heterocycles. The first kappa shape index (κ1) is 17.5. The molecule has 0 spiro atoms. The first-order valence-electron chi connectivity index (χ1n) is 6.24. The third-order valence-electron chi connectivity index (χ3n) is 2.90. The number of nitrogens with zero attached hydrogens (tertiary/aromatic N) is 2. The number of nitrogens with two attached hydrogens (primary N) is 1. The minimum absolute atomic E-state index is 0. The summed E-state index contributed by atoms with van der Waals surface area (Å²) in [4.78, 5) is 12.1. The van der Waals surface area contributed by atoms with E-state index in [2.05, 4.69) is 10.4 Å². The standard InChI is InChI=1S/C14H17ClN4O.ClH/c1-14(2,9-16)18-13(20)10-7-17-19(8-10)12-5-3-11(15)4-6-12;/h3-8H,9,16H2,1-2H3,(H,18,20);1H. The fraction of sp³-hybridized carbons (Fsp3) is 0.286. The van der Waals surface area contributed by atoms with Crippen molar-refractivity contribution < 1.29 is 4.79 Å². The second-order valence-corrected chi connectivity index (χ2v) is 5.63. The van der Waals surface area contributed by atoms with Gasteiger partial charge >= 0.3 is 0 Å². The molecule has 1 amide bonds. The van der Waals surface area contributed by atoms with Gasteiger partial charge in [0.05, 0.1) is 17.4 Å². The smallest absolute Gasteiger partial charge is 0.254 e. The van der Waals surface area contributed by atoms with Gasteiger partial charge in [0.15, 0.2) is 0 Å². The van der Waals surface area contributed by atoms with Gasteiger partial charge < -0.3 is 11.1 Å². The highest BCUT2D eigenvalue weighted by molar-refractivity contribution is 6.30. The Morgan fingerprint density at radius 3 is 2.57 bits per heavy atom. The predicted octanol–water partition coefficient (Wildman–Crippen LogP) is 2.41. The lowest BCUT2D eigenvalue weighted by atomic mass is 10.1. The fourth-order valence-electron chi connectivity index (χ4n) is 1.61. The normalized spacial score (nSPS) is 10.9. The van der Waals surface area contributed by atoms with E-state index < -0.39 is 5.54 Å². The van der Waals surface area contributed by atoms with Crippen LogP contribution in [0.4, 0.5) is 0 Å². The Bertz CT molecular complexity index is 608. The van der Waals surface area contributed by atoms with Gasteiger partial charge in [-0.2, -0.15) is 5.10 Å². The van der Waals surface area contributed by atoms with Gasteiger partial charge in [0, 0.05) is 23.3 Å². The molecule has 21 heavy (non-hydrogen) atoms. The molecular formula is C14H18Cl2N4O. The topological polar surface area (TPSA) is 72.9 Å². The summed E-state index contributed by atoms with van der Waals surface area (Å²) >= 11 is 5.84. The molecule has 0 aliphatic carbocycles. The van der Waals surface area contributed by atoms with Gasteiger partial charge in [0.1, 0.15) is 0 Å². The highest BCUT2D eigenvalue weighted by atomic mass is 35.5. The summed E-state index contributed by atoms with van der Waals surface area (Å²) in [7, 11) is 0. The lowest BCUT2D eigenvalue weighted by Gasteiger charge is -2.23. The zero-order chi connectivity index (χ0) is 14.8. The molecule has 114 valence electrons. The second kappa shape index (κ2) is 6.93. The third-order valence-corrected chi connectivity index (χ3v) is 3.15. The Hall–Kier alpha value is -1.56. The van der Waals surface area contributed by atoms with Crippen LogP contribution in [-0.2, 0) is 0 Å². The number of hydrogen-bond acceptors (Lipinski definition) is 3. The highest BCUT2D eigenvalue weighted by Gasteiger charge is 2.20. The summed E-state index contributed by atoms with van der Waals surface area (Å²) in [6.07, 6.45) is 3.20. The number of carbonyl (C=O) groups excluding carboxylic acids is 1. The van der Waals surface area contributed by atoms with E-state index in [0.717, 1.165) is 5.69 Å². The van der Waals surface area contributed by atoms with Crippen molar-refractivity contribution in [3.05, 3.63) is 47.2 Å². The van der Waals surface area contributed by atoms with Gasteiger partial charge in [-0.15, -0.1) is 12.4 Å². The maximum absolute atomic E-state index is 12.1. The first-order valence-corrected chi connectivity index (χ1v) is 6.62. The maximum atomic E-state index is 12.1. The van der Waals surface area contributed by atoms with Crippen molar-refractivity contribution in [3.8, 4) is 5.69 Å². The molecule has 0 radical (unpaired) electrons. The summed E-state index contributed by atoms with van der Waals surface area (Å²) in [5, 5.41) is 7.69. The minimum atomic E-state index is -0.445. The van der Waals surface area contributed by atoms with Gasteiger partial charge in [-0.25, -0.2) is 4.68 Å². The van der Waals surface area contributed by atoms with E-state index >= 15 is 0 Å². The SMILES string of the molecule is CC(C)(CN)NC(=O)c1cnn(-c2ccc(Cl)cc2)c1.Cl. The number of rotatable bonds is 4. The zero-order valence-electron chi connectivity index (χ0n) is 11.8. The number of carbonyl (C=O) groups is 1. The van der Waals surface area contributed by atoms with Gasteiger partial charge in [0.2, 0.25) is 0 Å². The van der Waals surface area contributed by atoms with Crippen molar-refractivity contribution in [2.75, 3.05) is 6.54 Å². The molecule has 0 atom stereocenters. The summed E-state index contributed by atoms with van der Waals surface area (Å²) in [6.45, 7) is 4.10. The third kappa shape index (κ3) is 4.46. The Kier molecular flexibility index (Phi) is 5.78. The fourth-order valence-corrected chi connectivity index (χ4v) is 1.73. The van der Waals surface area contributed by atoms with Crippen LogP contribution in [0.25, 0.3) is 5.69 Å². The van der Waals surface area contributed by atoms with Crippen molar-refractivity contribution in [3.63, 3.8) is 0 Å². The van der Waals surface area contributed by atoms with Crippen molar-refractivity contribution >= 4 is 29.9 Å². The summed E-state index contributed by atoms with van der Waals surface area (Å²) in [6, 6.07) is 7.22. The lowest BCUT2D eigenvalue weighted by Crippen LogP contribution is -2.48. The average molecular weight is 329 g/mol. The van der Waals surface area contributed by atoms with Crippen molar-refractivity contribution in [1.82, 2.24) is 15.1 Å². The summed E-state index contributed by atoms with van der Waals surface area (Å²) in [5.74, 6) is -0.194. The molecule has 0 saturated carbocycles. The average Bonchev–Trinajstić information content (AvgIpc) is 2.89. The molecule has 7 heteroatoms. The number of hydrogen-bond donors (Lipinski definition) is 2. The Morgan fingerprint density at radius 2 is 2.00 bits per heavy atom. The Labute approximate surface area is 134 Å². The predicted molar refractivity (Wildman–Crippen MR) is 86.4 cm³/mol. The molecule has 1 aromatic heterocycles. The van der Waals surface area contributed by atoms with Crippen LogP contribution in [-0.4, -0.2) is 27.8 Å². The quantitative estimate of drug-likeness (QED) is 0.905. The molecule has 5 nitrogen and oxygen atoms in total. The lowest BCUT2D eigenvalue weighted by molar-refractivity contribution is 0.0915. The van der Waals surface area contributed by atoms with Gasteiger partial charge in [-0.05, 0) is 38.1 Å². The number of benzene rings is 1. The van der Waals surface area contributed by atoms with E-state index in [4.69, 9.17) is 17.3 Å². The van der Waals surface area contributed by atoms with Crippen molar-refractivity contribution in [2.45, 2.75) is 19.4 Å². The summed E-state index contributed by atoms with van der Waals surface area (Å²) in [5.41, 5.74) is 6.48. The number of aromatic nitrogens is 2. The van der Waals surface area contributed by atoms with Gasteiger partial charge in [0.25, 0.3) is 5.91 Å². The molecular weight excluding hydrogens is 311 g/mol. The first-order chi connectivity index (χ1) is 9.41. The molecule has 0 bridgehead atoms. The molecule has 0 unspecified atom stereocenters. The molecule has 0 aliphatic heterocycles. The van der Waals surface area contributed by atoms with E-state index in [1.54, 1.807) is 23.0 Å². The minimum Gasteiger partial charge on any atom is -0.346 e. The van der Waals surface area contributed by atoms with Crippen LogP contribution in [0.1, 0.15) is 24.2 Å². The van der Waals surface area contributed by atoms with Crippen LogP contribution >= 0.6 is 24.0 Å². The molecule has 0 fully saturated rings. The summed E-state index contributed by atoms with van der Waals surface area (Å²) < 4.78 is 1.63. The van der Waals surface area contributed by atoms with Crippen LogP contribution in [0.3, 0.4) is 0 Å². The Morgan fingerprint density at radius 1 is 1.38 bits per heavy atom. The van der Waals surface area contributed by atoms with E-state index in [1.165, 1.54) is 6.20 Å². The molecule has 1 aromatic carbocycles. The number of nitrogens with one attached hydrogen (secondary N) is 1. The van der Waals surface area contributed by atoms with Crippen LogP contribution in [0.2, 0.25) is 5.02 Å². The number of halogens is 2. The van der Waals surface area contributed by atoms with E-state index in [0.29, 0.717) is 17.1 Å². The largest absolute Gasteiger partial charge is 0.346 e. The molecule has 3 N–H and O–H groups in total. The number of amides is 1. The molecule has 2 rings (SSSR count). The van der Waals surface area contributed by atoms with E-state index in [-0.39, 0.29) is 18.3 Å². The second-order valence-electron chi connectivity index (χ2n) is 5.19. The monoisotopic (exact) mass is 328 g/mol. The maximum Gasteiger partial charge on any atom is 0.254 e. The Balaban J connectivity index is 0.00000220. The van der Waals surface area contributed by atoms with Crippen molar-refractivity contribution in [2.24, 2.45) is 5.73 Å². The van der Waals surface area contributed by atoms with E-state index in [1.807, 2.05) is 26.0 Å². The van der Waals surface area contributed by atoms with E-state index in [9.17, 15) is 4.79 Å². The molecule has 1 heterocycles. The zero-order valence-corrected chi connectivity index (χ0v) is 13.4. The molecule has 0 aliphatic rings. The van der Waals surface area contributed by atoms with Crippen LogP contribution in [0.5, 0.6) is 0 Å². The molecule has 2 aromatic rings. The van der Waals surface area contributed by atoms with Crippen LogP contribution in [0.15, 0.2) is 36.7 Å². The highest BCUT2D eigenvalue weighted by Crippen LogP contribution is 2.13. The van der Waals surface area contributed by atoms with Crippen LogP contribution in [0, 0.1) is 0 Å². The van der Waals surface area contributed by atoms with Gasteiger partial charge in [-0.1, -0.05) is 11.6 Å². The van der Waals surface area contributed by atoms with Crippen LogP contribution < -0.4 is 11.1 Å².